The third kappa shape index (κ3) is 2.48. The van der Waals surface area contributed by atoms with Crippen molar-refractivity contribution in [2.45, 2.75) is 25.8 Å². The van der Waals surface area contributed by atoms with Crippen molar-refractivity contribution in [1.29, 1.82) is 0 Å². The number of nitrogens with two attached hydrogens (primary N) is 1. The molecule has 3 atom stereocenters. The fraction of sp³-hybridized carbons (Fsp3) is 0.909. The first-order valence-corrected chi connectivity index (χ1v) is 6.96. The van der Waals surface area contributed by atoms with Crippen molar-refractivity contribution in [2.24, 2.45) is 17.6 Å². The molecule has 86 valence electrons. The molecule has 0 aliphatic carbocycles. The summed E-state index contributed by atoms with van der Waals surface area (Å²) in [5.74, 6) is 3.34. The number of hydrogen-bond donors (Lipinski definition) is 1. The van der Waals surface area contributed by atoms with Gasteiger partial charge < -0.3 is 10.6 Å². The van der Waals surface area contributed by atoms with Crippen molar-refractivity contribution in [3.8, 4) is 0 Å². The number of carbonyl (C=O) groups excluding carboxylic acids is 1. The summed E-state index contributed by atoms with van der Waals surface area (Å²) >= 11 is 1.90. The van der Waals surface area contributed by atoms with Crippen LogP contribution in [0.1, 0.15) is 19.8 Å². The van der Waals surface area contributed by atoms with Gasteiger partial charge >= 0.3 is 0 Å². The highest BCUT2D eigenvalue weighted by Gasteiger charge is 2.31. The number of piperidine rings is 1. The predicted molar refractivity (Wildman–Crippen MR) is 63.8 cm³/mol. The molecule has 2 fully saturated rings. The zero-order valence-corrected chi connectivity index (χ0v) is 10.1. The second-order valence-electron chi connectivity index (χ2n) is 4.77. The van der Waals surface area contributed by atoms with E-state index in [-0.39, 0.29) is 12.0 Å². The molecule has 2 saturated heterocycles. The molecule has 0 aromatic rings. The standard InChI is InChI=1S/C11H20N2OS/c1-8-2-4-13(6-10(8)12)11(14)9-3-5-15-7-9/h8-10H,2-7,12H2,1H3. The summed E-state index contributed by atoms with van der Waals surface area (Å²) in [7, 11) is 0. The normalized spacial score (nSPS) is 36.9. The molecular formula is C11H20N2OS. The quantitative estimate of drug-likeness (QED) is 0.726. The minimum absolute atomic E-state index is 0.178. The van der Waals surface area contributed by atoms with E-state index in [4.69, 9.17) is 5.73 Å². The lowest BCUT2D eigenvalue weighted by Crippen LogP contribution is -2.51. The molecule has 2 heterocycles. The molecule has 15 heavy (non-hydrogen) atoms. The lowest BCUT2D eigenvalue weighted by molar-refractivity contribution is -0.136. The number of likely N-dealkylation sites (tertiary alicyclic amines) is 1. The van der Waals surface area contributed by atoms with E-state index in [2.05, 4.69) is 6.92 Å². The van der Waals surface area contributed by atoms with Crippen LogP contribution in [-0.4, -0.2) is 41.4 Å². The molecule has 3 nitrogen and oxygen atoms in total. The highest BCUT2D eigenvalue weighted by molar-refractivity contribution is 7.99. The first kappa shape index (κ1) is 11.3. The van der Waals surface area contributed by atoms with E-state index in [0.29, 0.717) is 11.8 Å². The van der Waals surface area contributed by atoms with Crippen molar-refractivity contribution in [3.05, 3.63) is 0 Å². The molecule has 4 heteroatoms. The average molecular weight is 228 g/mol. The Bertz CT molecular complexity index is 241. The highest BCUT2D eigenvalue weighted by Crippen LogP contribution is 2.26. The van der Waals surface area contributed by atoms with Crippen LogP contribution in [0.25, 0.3) is 0 Å². The molecule has 0 saturated carbocycles. The van der Waals surface area contributed by atoms with Crippen LogP contribution in [0.2, 0.25) is 0 Å². The third-order valence-electron chi connectivity index (χ3n) is 3.61. The molecule has 2 N–H and O–H groups in total. The Labute approximate surface area is 95.8 Å². The fourth-order valence-corrected chi connectivity index (χ4v) is 3.50. The molecule has 0 aromatic heterocycles. The van der Waals surface area contributed by atoms with Crippen LogP contribution in [0.4, 0.5) is 0 Å². The number of nitrogens with zero attached hydrogens (tertiary/aromatic N) is 1. The Morgan fingerprint density at radius 3 is 2.87 bits per heavy atom. The SMILES string of the molecule is CC1CCN(C(=O)C2CCSC2)CC1N. The van der Waals surface area contributed by atoms with E-state index in [1.807, 2.05) is 16.7 Å². The smallest absolute Gasteiger partial charge is 0.226 e. The Balaban J connectivity index is 1.90. The molecular weight excluding hydrogens is 208 g/mol. The van der Waals surface area contributed by atoms with Gasteiger partial charge in [0.05, 0.1) is 0 Å². The monoisotopic (exact) mass is 228 g/mol. The van der Waals surface area contributed by atoms with Crippen molar-refractivity contribution in [1.82, 2.24) is 4.90 Å². The maximum atomic E-state index is 12.1. The van der Waals surface area contributed by atoms with Crippen LogP contribution in [0.3, 0.4) is 0 Å². The van der Waals surface area contributed by atoms with Gasteiger partial charge in [0.2, 0.25) is 5.91 Å². The highest BCUT2D eigenvalue weighted by atomic mass is 32.2. The maximum absolute atomic E-state index is 12.1. The number of thioether (sulfide) groups is 1. The maximum Gasteiger partial charge on any atom is 0.226 e. The molecule has 3 unspecified atom stereocenters. The van der Waals surface area contributed by atoms with Gasteiger partial charge in [0, 0.05) is 30.8 Å². The van der Waals surface area contributed by atoms with Crippen LogP contribution < -0.4 is 5.73 Å². The summed E-state index contributed by atoms with van der Waals surface area (Å²) in [6, 6.07) is 0.178. The summed E-state index contributed by atoms with van der Waals surface area (Å²) in [4.78, 5) is 14.1. The zero-order valence-electron chi connectivity index (χ0n) is 9.32. The predicted octanol–water partition coefficient (Wildman–Crippen LogP) is 0.935. The Morgan fingerprint density at radius 1 is 1.47 bits per heavy atom. The second-order valence-corrected chi connectivity index (χ2v) is 5.92. The van der Waals surface area contributed by atoms with Gasteiger partial charge in [0.15, 0.2) is 0 Å². The molecule has 0 bridgehead atoms. The van der Waals surface area contributed by atoms with Crippen LogP contribution in [-0.2, 0) is 4.79 Å². The number of hydrogen-bond acceptors (Lipinski definition) is 3. The summed E-state index contributed by atoms with van der Waals surface area (Å²) in [5.41, 5.74) is 6.01. The Morgan fingerprint density at radius 2 is 2.27 bits per heavy atom. The summed E-state index contributed by atoms with van der Waals surface area (Å²) in [5, 5.41) is 0. The van der Waals surface area contributed by atoms with E-state index in [1.165, 1.54) is 0 Å². The molecule has 2 aliphatic rings. The number of carbonyl (C=O) groups is 1. The van der Waals surface area contributed by atoms with Crippen LogP contribution in [0.15, 0.2) is 0 Å². The molecule has 0 radical (unpaired) electrons. The lowest BCUT2D eigenvalue weighted by atomic mass is 9.93. The van der Waals surface area contributed by atoms with Gasteiger partial charge in [-0.25, -0.2) is 0 Å². The van der Waals surface area contributed by atoms with Crippen molar-refractivity contribution in [2.75, 3.05) is 24.6 Å². The minimum Gasteiger partial charge on any atom is -0.341 e. The van der Waals surface area contributed by atoms with Gasteiger partial charge in [0.25, 0.3) is 0 Å². The van der Waals surface area contributed by atoms with Gasteiger partial charge in [-0.1, -0.05) is 6.92 Å². The molecule has 2 aliphatic heterocycles. The van der Waals surface area contributed by atoms with Crippen molar-refractivity contribution >= 4 is 17.7 Å². The Hall–Kier alpha value is -0.220. The van der Waals surface area contributed by atoms with Crippen LogP contribution in [0, 0.1) is 11.8 Å². The van der Waals surface area contributed by atoms with Gasteiger partial charge in [-0.2, -0.15) is 11.8 Å². The van der Waals surface area contributed by atoms with Crippen LogP contribution in [0.5, 0.6) is 0 Å². The van der Waals surface area contributed by atoms with E-state index in [1.54, 1.807) is 0 Å². The van der Waals surface area contributed by atoms with Gasteiger partial charge in [-0.3, -0.25) is 4.79 Å². The molecule has 1 amide bonds. The largest absolute Gasteiger partial charge is 0.341 e. The van der Waals surface area contributed by atoms with E-state index >= 15 is 0 Å². The number of amides is 1. The van der Waals surface area contributed by atoms with Crippen molar-refractivity contribution < 1.29 is 4.79 Å². The average Bonchev–Trinajstić information content (AvgIpc) is 2.74. The molecule has 0 spiro atoms. The summed E-state index contributed by atoms with van der Waals surface area (Å²) in [6.07, 6.45) is 2.12. The third-order valence-corrected chi connectivity index (χ3v) is 4.77. The van der Waals surface area contributed by atoms with Crippen molar-refractivity contribution in [3.63, 3.8) is 0 Å². The van der Waals surface area contributed by atoms with Gasteiger partial charge in [-0.15, -0.1) is 0 Å². The summed E-state index contributed by atoms with van der Waals surface area (Å²) < 4.78 is 0. The zero-order chi connectivity index (χ0) is 10.8. The molecule has 0 aromatic carbocycles. The summed E-state index contributed by atoms with van der Waals surface area (Å²) in [6.45, 7) is 3.86. The van der Waals surface area contributed by atoms with Crippen LogP contribution >= 0.6 is 11.8 Å². The lowest BCUT2D eigenvalue weighted by Gasteiger charge is -2.36. The first-order chi connectivity index (χ1) is 7.18. The fourth-order valence-electron chi connectivity index (χ4n) is 2.29. The first-order valence-electron chi connectivity index (χ1n) is 5.80. The topological polar surface area (TPSA) is 46.3 Å². The Kier molecular flexibility index (Phi) is 3.57. The number of rotatable bonds is 1. The van der Waals surface area contributed by atoms with Gasteiger partial charge in [-0.05, 0) is 24.5 Å². The van der Waals surface area contributed by atoms with E-state index in [9.17, 15) is 4.79 Å². The van der Waals surface area contributed by atoms with E-state index < -0.39 is 0 Å². The second kappa shape index (κ2) is 4.74. The minimum atomic E-state index is 0.178. The van der Waals surface area contributed by atoms with Gasteiger partial charge in [0.1, 0.15) is 0 Å². The van der Waals surface area contributed by atoms with E-state index in [0.717, 1.165) is 37.4 Å². The molecule has 2 rings (SSSR count).